The molecular weight excluding hydrogens is 473 g/mol. The number of anilines is 2. The van der Waals surface area contributed by atoms with Crippen LogP contribution in [-0.4, -0.2) is 29.7 Å². The topological polar surface area (TPSA) is 80.3 Å². The zero-order chi connectivity index (χ0) is 23.9. The highest BCUT2D eigenvalue weighted by Gasteiger charge is 2.13. The van der Waals surface area contributed by atoms with E-state index in [0.29, 0.717) is 10.8 Å². The van der Waals surface area contributed by atoms with E-state index in [4.69, 9.17) is 4.74 Å². The van der Waals surface area contributed by atoms with Crippen molar-refractivity contribution >= 4 is 45.7 Å². The molecule has 0 atom stereocenters. The smallest absolute Gasteiger partial charge is 0.258 e. The lowest BCUT2D eigenvalue weighted by Gasteiger charge is -2.07. The number of thioether (sulfide) groups is 1. The van der Waals surface area contributed by atoms with Crippen LogP contribution in [0.3, 0.4) is 0 Å². The van der Waals surface area contributed by atoms with Gasteiger partial charge in [0.15, 0.2) is 5.13 Å². The Labute approximate surface area is 204 Å². The molecule has 9 heteroatoms. The van der Waals surface area contributed by atoms with Gasteiger partial charge in [0.2, 0.25) is 5.91 Å². The molecule has 6 nitrogen and oxygen atoms in total. The number of hydrogen-bond acceptors (Lipinski definition) is 6. The van der Waals surface area contributed by atoms with Crippen LogP contribution >= 0.6 is 23.1 Å². The molecule has 3 aromatic carbocycles. The number of methoxy groups -OCH3 is 1. The highest BCUT2D eigenvalue weighted by atomic mass is 32.2. The molecule has 1 heterocycles. The van der Waals surface area contributed by atoms with Gasteiger partial charge in [-0.15, -0.1) is 23.1 Å². The van der Waals surface area contributed by atoms with E-state index in [0.717, 1.165) is 21.9 Å². The quantitative estimate of drug-likeness (QED) is 0.297. The van der Waals surface area contributed by atoms with E-state index in [1.54, 1.807) is 37.4 Å². The fourth-order valence-electron chi connectivity index (χ4n) is 3.09. The zero-order valence-corrected chi connectivity index (χ0v) is 19.7. The van der Waals surface area contributed by atoms with Crippen LogP contribution in [0.1, 0.15) is 10.4 Å². The molecule has 0 aliphatic rings. The number of ether oxygens (including phenoxy) is 1. The van der Waals surface area contributed by atoms with Crippen molar-refractivity contribution in [1.82, 2.24) is 4.98 Å². The maximum atomic E-state index is 13.7. The Balaban J connectivity index is 1.29. The maximum absolute atomic E-state index is 13.7. The molecule has 0 aliphatic heterocycles. The molecule has 172 valence electrons. The third kappa shape index (κ3) is 5.81. The summed E-state index contributed by atoms with van der Waals surface area (Å²) in [5, 5.41) is 7.86. The molecule has 34 heavy (non-hydrogen) atoms. The molecule has 0 fully saturated rings. The second-order valence-electron chi connectivity index (χ2n) is 7.03. The number of benzene rings is 3. The number of nitrogens with one attached hydrogen (secondary N) is 2. The van der Waals surface area contributed by atoms with Gasteiger partial charge in [-0.25, -0.2) is 9.37 Å². The number of amides is 2. The van der Waals surface area contributed by atoms with E-state index < -0.39 is 11.7 Å². The lowest BCUT2D eigenvalue weighted by molar-refractivity contribution is -0.113. The van der Waals surface area contributed by atoms with Crippen LogP contribution in [0.25, 0.3) is 11.3 Å². The van der Waals surface area contributed by atoms with Gasteiger partial charge in [0.25, 0.3) is 5.91 Å². The highest BCUT2D eigenvalue weighted by molar-refractivity contribution is 8.00. The molecule has 0 saturated carbocycles. The normalized spacial score (nSPS) is 10.5. The van der Waals surface area contributed by atoms with Crippen LogP contribution in [0, 0.1) is 5.82 Å². The van der Waals surface area contributed by atoms with Crippen LogP contribution in [0.4, 0.5) is 15.2 Å². The van der Waals surface area contributed by atoms with Gasteiger partial charge in [-0.1, -0.05) is 24.3 Å². The molecule has 0 spiro atoms. The number of para-hydroxylation sites is 1. The molecule has 0 saturated heterocycles. The number of carbonyl (C=O) groups excluding carboxylic acids is 2. The van der Waals surface area contributed by atoms with Gasteiger partial charge in [-0.3, -0.25) is 9.59 Å². The fourth-order valence-corrected chi connectivity index (χ4v) is 4.52. The Hall–Kier alpha value is -3.69. The van der Waals surface area contributed by atoms with Gasteiger partial charge in [0.05, 0.1) is 24.1 Å². The largest absolute Gasteiger partial charge is 0.496 e. The van der Waals surface area contributed by atoms with Crippen molar-refractivity contribution in [1.29, 1.82) is 0 Å². The number of rotatable bonds is 8. The second-order valence-corrected chi connectivity index (χ2v) is 8.94. The molecule has 2 N–H and O–H groups in total. The van der Waals surface area contributed by atoms with Gasteiger partial charge in [0.1, 0.15) is 11.6 Å². The summed E-state index contributed by atoms with van der Waals surface area (Å²) in [6.07, 6.45) is 0. The average Bonchev–Trinajstić information content (AvgIpc) is 3.32. The van der Waals surface area contributed by atoms with Gasteiger partial charge >= 0.3 is 0 Å². The van der Waals surface area contributed by atoms with Crippen molar-refractivity contribution in [3.05, 3.63) is 89.6 Å². The van der Waals surface area contributed by atoms with Crippen molar-refractivity contribution in [2.45, 2.75) is 4.90 Å². The summed E-state index contributed by atoms with van der Waals surface area (Å²) in [4.78, 5) is 29.9. The summed E-state index contributed by atoms with van der Waals surface area (Å²) in [6.45, 7) is 0. The minimum Gasteiger partial charge on any atom is -0.496 e. The molecule has 0 bridgehead atoms. The van der Waals surface area contributed by atoms with Crippen LogP contribution in [0.2, 0.25) is 0 Å². The van der Waals surface area contributed by atoms with E-state index in [-0.39, 0.29) is 17.2 Å². The van der Waals surface area contributed by atoms with Gasteiger partial charge < -0.3 is 15.4 Å². The highest BCUT2D eigenvalue weighted by Crippen LogP contribution is 2.32. The predicted molar refractivity (Wildman–Crippen MR) is 134 cm³/mol. The van der Waals surface area contributed by atoms with E-state index in [1.807, 2.05) is 29.6 Å². The fraction of sp³-hybridized carbons (Fsp3) is 0.0800. The first-order valence-electron chi connectivity index (χ1n) is 10.2. The summed E-state index contributed by atoms with van der Waals surface area (Å²) in [5.41, 5.74) is 2.11. The first-order chi connectivity index (χ1) is 16.5. The van der Waals surface area contributed by atoms with E-state index in [2.05, 4.69) is 15.6 Å². The number of hydrogen-bond donors (Lipinski definition) is 2. The van der Waals surface area contributed by atoms with Crippen LogP contribution < -0.4 is 15.4 Å². The summed E-state index contributed by atoms with van der Waals surface area (Å²) < 4.78 is 19.1. The standard InChI is InChI=1S/C25H20FN3O3S2/c1-32-22-9-5-3-7-19(22)21-14-34-25(28-21)29-23(30)15-33-17-12-10-16(11-13-17)27-24(31)18-6-2-4-8-20(18)26/h2-14H,15H2,1H3,(H,27,31)(H,28,29,30). The number of thiazole rings is 1. The first-order valence-corrected chi connectivity index (χ1v) is 12.1. The Morgan fingerprint density at radius 3 is 2.50 bits per heavy atom. The molecular formula is C25H20FN3O3S2. The Morgan fingerprint density at radius 1 is 1.00 bits per heavy atom. The molecule has 2 amide bonds. The summed E-state index contributed by atoms with van der Waals surface area (Å²) in [7, 11) is 1.61. The molecule has 0 radical (unpaired) electrons. The SMILES string of the molecule is COc1ccccc1-c1csc(NC(=O)CSc2ccc(NC(=O)c3ccccc3F)cc2)n1. The predicted octanol–water partition coefficient (Wildman–Crippen LogP) is 5.94. The van der Waals surface area contributed by atoms with Gasteiger partial charge in [-0.2, -0.15) is 0 Å². The van der Waals surface area contributed by atoms with Crippen molar-refractivity contribution in [2.24, 2.45) is 0 Å². The lowest BCUT2D eigenvalue weighted by atomic mass is 10.1. The first kappa shape index (κ1) is 23.5. The molecule has 0 aliphatic carbocycles. The number of nitrogens with zero attached hydrogens (tertiary/aromatic N) is 1. The van der Waals surface area contributed by atoms with Crippen molar-refractivity contribution in [3.63, 3.8) is 0 Å². The monoisotopic (exact) mass is 493 g/mol. The second kappa shape index (κ2) is 11.0. The number of halogens is 1. The Kier molecular flexibility index (Phi) is 7.56. The number of aromatic nitrogens is 1. The molecule has 4 aromatic rings. The number of carbonyl (C=O) groups is 2. The Bertz CT molecular complexity index is 1310. The molecule has 1 aromatic heterocycles. The summed E-state index contributed by atoms with van der Waals surface area (Å²) in [5.74, 6) is -0.357. The van der Waals surface area contributed by atoms with Crippen LogP contribution in [0.5, 0.6) is 5.75 Å². The van der Waals surface area contributed by atoms with Crippen molar-refractivity contribution in [3.8, 4) is 17.0 Å². The average molecular weight is 494 g/mol. The van der Waals surface area contributed by atoms with E-state index >= 15 is 0 Å². The summed E-state index contributed by atoms with van der Waals surface area (Å²) in [6, 6.07) is 20.4. The van der Waals surface area contributed by atoms with Gasteiger partial charge in [0, 0.05) is 21.5 Å². The lowest BCUT2D eigenvalue weighted by Crippen LogP contribution is -2.14. The minimum absolute atomic E-state index is 0.0197. The van der Waals surface area contributed by atoms with Crippen molar-refractivity contribution in [2.75, 3.05) is 23.5 Å². The summed E-state index contributed by atoms with van der Waals surface area (Å²) >= 11 is 2.70. The minimum atomic E-state index is -0.576. The Morgan fingerprint density at radius 2 is 1.74 bits per heavy atom. The third-order valence-corrected chi connectivity index (χ3v) is 6.50. The molecule has 0 unspecified atom stereocenters. The van der Waals surface area contributed by atoms with Crippen molar-refractivity contribution < 1.29 is 18.7 Å². The van der Waals surface area contributed by atoms with E-state index in [9.17, 15) is 14.0 Å². The maximum Gasteiger partial charge on any atom is 0.258 e. The van der Waals surface area contributed by atoms with Crippen LogP contribution in [0.15, 0.2) is 83.1 Å². The zero-order valence-electron chi connectivity index (χ0n) is 18.1. The van der Waals surface area contributed by atoms with E-state index in [1.165, 1.54) is 41.3 Å². The van der Waals surface area contributed by atoms with Crippen LogP contribution in [-0.2, 0) is 4.79 Å². The molecule has 4 rings (SSSR count). The third-order valence-electron chi connectivity index (χ3n) is 4.73. The van der Waals surface area contributed by atoms with Gasteiger partial charge in [-0.05, 0) is 48.5 Å².